The van der Waals surface area contributed by atoms with Gasteiger partial charge in [0, 0.05) is 36.8 Å². The Kier molecular flexibility index (Phi) is 6.40. The Morgan fingerprint density at radius 3 is 2.69 bits per heavy atom. The van der Waals surface area contributed by atoms with E-state index in [1.54, 1.807) is 6.07 Å². The number of rotatable bonds is 7. The predicted octanol–water partition coefficient (Wildman–Crippen LogP) is 3.99. The Bertz CT molecular complexity index is 1260. The van der Waals surface area contributed by atoms with Gasteiger partial charge in [-0.3, -0.25) is 9.59 Å². The highest BCUT2D eigenvalue weighted by molar-refractivity contribution is 6.09. The summed E-state index contributed by atoms with van der Waals surface area (Å²) in [4.78, 5) is 39.1. The van der Waals surface area contributed by atoms with Gasteiger partial charge in [-0.15, -0.1) is 0 Å². The van der Waals surface area contributed by atoms with Gasteiger partial charge in [0.2, 0.25) is 5.91 Å². The molecule has 2 aliphatic rings. The molecule has 1 saturated carbocycles. The van der Waals surface area contributed by atoms with Crippen molar-refractivity contribution in [3.05, 3.63) is 41.6 Å². The number of hydrogen-bond donors (Lipinski definition) is 2. The van der Waals surface area contributed by atoms with Crippen LogP contribution in [0.25, 0.3) is 22.3 Å². The molecule has 2 amide bonds. The Hall–Kier alpha value is -3.49. The van der Waals surface area contributed by atoms with Crippen LogP contribution in [-0.2, 0) is 4.79 Å². The lowest BCUT2D eigenvalue weighted by Crippen LogP contribution is -2.46. The lowest BCUT2D eigenvalue weighted by molar-refractivity contribution is -0.131. The van der Waals surface area contributed by atoms with E-state index in [-0.39, 0.29) is 23.7 Å². The first kappa shape index (κ1) is 23.3. The number of hydrogen-bond acceptors (Lipinski definition) is 5. The minimum atomic E-state index is -0.389. The second-order valence-corrected chi connectivity index (χ2v) is 9.45. The van der Waals surface area contributed by atoms with E-state index in [0.29, 0.717) is 84.2 Å². The maximum atomic E-state index is 14.2. The van der Waals surface area contributed by atoms with Crippen molar-refractivity contribution in [3.8, 4) is 17.0 Å². The fraction of sp³-hybridized carbons (Fsp3) is 0.462. The molecule has 2 aromatic heterocycles. The van der Waals surface area contributed by atoms with E-state index in [1.807, 2.05) is 18.7 Å². The Labute approximate surface area is 203 Å². The van der Waals surface area contributed by atoms with Gasteiger partial charge in [-0.2, -0.15) is 0 Å². The van der Waals surface area contributed by atoms with E-state index >= 15 is 0 Å². The zero-order valence-corrected chi connectivity index (χ0v) is 20.1. The third-order valence-electron chi connectivity index (χ3n) is 6.85. The largest absolute Gasteiger partial charge is 0.493 e. The molecular weight excluding hydrogens is 449 g/mol. The van der Waals surface area contributed by atoms with Crippen LogP contribution in [-0.4, -0.2) is 57.4 Å². The third kappa shape index (κ3) is 4.85. The van der Waals surface area contributed by atoms with Crippen LogP contribution < -0.4 is 10.1 Å². The fourth-order valence-corrected chi connectivity index (χ4v) is 4.66. The molecule has 0 bridgehead atoms. The number of H-pyrrole nitrogens is 1. The number of benzene rings is 1. The van der Waals surface area contributed by atoms with Crippen LogP contribution in [0, 0.1) is 18.7 Å². The van der Waals surface area contributed by atoms with Crippen molar-refractivity contribution in [2.24, 2.45) is 5.92 Å². The van der Waals surface area contributed by atoms with Gasteiger partial charge in [0.05, 0.1) is 17.7 Å². The van der Waals surface area contributed by atoms with Crippen LogP contribution in [0.3, 0.4) is 0 Å². The molecule has 5 rings (SSSR count). The highest BCUT2D eigenvalue weighted by Crippen LogP contribution is 2.36. The maximum Gasteiger partial charge on any atom is 0.255 e. The van der Waals surface area contributed by atoms with Crippen molar-refractivity contribution in [1.29, 1.82) is 0 Å². The summed E-state index contributed by atoms with van der Waals surface area (Å²) < 4.78 is 20.2. The van der Waals surface area contributed by atoms with E-state index in [2.05, 4.69) is 20.3 Å². The van der Waals surface area contributed by atoms with Crippen molar-refractivity contribution < 1.29 is 18.7 Å². The number of aromatic amines is 1. The van der Waals surface area contributed by atoms with Gasteiger partial charge in [0.1, 0.15) is 29.1 Å². The normalized spacial score (nSPS) is 16.5. The number of piperidine rings is 1. The average Bonchev–Trinajstić information content (AvgIpc) is 3.62. The van der Waals surface area contributed by atoms with Gasteiger partial charge in [-0.25, -0.2) is 14.4 Å². The summed E-state index contributed by atoms with van der Waals surface area (Å²) in [6.45, 7) is 5.55. The number of aryl methyl sites for hydroxylation is 1. The molecule has 1 aliphatic heterocycles. The number of nitrogens with zero attached hydrogens (tertiary/aromatic N) is 3. The quantitative estimate of drug-likeness (QED) is 0.534. The van der Waals surface area contributed by atoms with E-state index in [0.717, 1.165) is 12.8 Å². The summed E-state index contributed by atoms with van der Waals surface area (Å²) >= 11 is 0. The molecule has 0 atom stereocenters. The molecule has 35 heavy (non-hydrogen) atoms. The number of carbonyl (C=O) groups excluding carboxylic acids is 2. The Morgan fingerprint density at radius 1 is 1.20 bits per heavy atom. The molecule has 2 N–H and O–H groups in total. The van der Waals surface area contributed by atoms with Crippen LogP contribution in [0.2, 0.25) is 0 Å². The van der Waals surface area contributed by atoms with Crippen molar-refractivity contribution in [1.82, 2.24) is 25.2 Å². The first-order valence-electron chi connectivity index (χ1n) is 12.3. The van der Waals surface area contributed by atoms with Crippen molar-refractivity contribution in [2.45, 2.75) is 52.0 Å². The first-order valence-corrected chi connectivity index (χ1v) is 12.3. The number of amides is 2. The van der Waals surface area contributed by atoms with Crippen molar-refractivity contribution in [2.75, 3.05) is 19.7 Å². The lowest BCUT2D eigenvalue weighted by Gasteiger charge is -2.32. The average molecular weight is 480 g/mol. The Morgan fingerprint density at radius 2 is 1.97 bits per heavy atom. The summed E-state index contributed by atoms with van der Waals surface area (Å²) in [5, 5.41) is 3.11. The standard InChI is InChI=1S/C26H30FN5O3/c1-3-21(33)32-10-8-18(9-11-32)31-26(34)22-15(2)30-25-23(28-14-29-24(22)25)19-12-17(27)6-7-20(19)35-13-16-4-5-16/h6-7,12,14,16,18,30H,3-5,8-11,13H2,1-2H3,(H,31,34). The number of nitrogens with one attached hydrogen (secondary N) is 2. The molecule has 1 saturated heterocycles. The van der Waals surface area contributed by atoms with E-state index < -0.39 is 0 Å². The van der Waals surface area contributed by atoms with Crippen LogP contribution in [0.4, 0.5) is 4.39 Å². The second kappa shape index (κ2) is 9.64. The SMILES string of the molecule is CCC(=O)N1CCC(NC(=O)c2c(C)[nH]c3c(-c4cc(F)ccc4OCC4CC4)ncnc23)CC1. The van der Waals surface area contributed by atoms with E-state index in [9.17, 15) is 14.0 Å². The number of halogens is 1. The molecule has 2 fully saturated rings. The molecule has 3 aromatic rings. The number of carbonyl (C=O) groups is 2. The van der Waals surface area contributed by atoms with Crippen molar-refractivity contribution >= 4 is 22.8 Å². The van der Waals surface area contributed by atoms with Gasteiger partial charge in [0.15, 0.2) is 0 Å². The molecule has 1 aliphatic carbocycles. The number of ether oxygens (including phenoxy) is 1. The van der Waals surface area contributed by atoms with Crippen LogP contribution in [0.5, 0.6) is 5.75 Å². The van der Waals surface area contributed by atoms with Gasteiger partial charge in [0.25, 0.3) is 5.91 Å². The summed E-state index contributed by atoms with van der Waals surface area (Å²) in [5.74, 6) is 0.644. The lowest BCUT2D eigenvalue weighted by atomic mass is 10.0. The minimum Gasteiger partial charge on any atom is -0.493 e. The summed E-state index contributed by atoms with van der Waals surface area (Å²) in [5.41, 5.74) is 3.19. The zero-order chi connectivity index (χ0) is 24.5. The topological polar surface area (TPSA) is 100 Å². The first-order chi connectivity index (χ1) is 16.9. The van der Waals surface area contributed by atoms with E-state index in [1.165, 1.54) is 18.5 Å². The summed E-state index contributed by atoms with van der Waals surface area (Å²) in [7, 11) is 0. The molecule has 9 heteroatoms. The second-order valence-electron chi connectivity index (χ2n) is 9.45. The van der Waals surface area contributed by atoms with Crippen molar-refractivity contribution in [3.63, 3.8) is 0 Å². The highest BCUT2D eigenvalue weighted by Gasteiger charge is 2.27. The number of likely N-dealkylation sites (tertiary alicyclic amines) is 1. The molecule has 184 valence electrons. The molecule has 0 unspecified atom stereocenters. The molecule has 3 heterocycles. The molecule has 1 aromatic carbocycles. The van der Waals surface area contributed by atoms with Gasteiger partial charge < -0.3 is 19.9 Å². The van der Waals surface area contributed by atoms with Gasteiger partial charge in [-0.05, 0) is 56.7 Å². The zero-order valence-electron chi connectivity index (χ0n) is 20.1. The minimum absolute atomic E-state index is 0.0142. The molecule has 8 nitrogen and oxygen atoms in total. The van der Waals surface area contributed by atoms with Crippen LogP contribution in [0.15, 0.2) is 24.5 Å². The van der Waals surface area contributed by atoms with Gasteiger partial charge >= 0.3 is 0 Å². The summed E-state index contributed by atoms with van der Waals surface area (Å²) in [6, 6.07) is 4.40. The van der Waals surface area contributed by atoms with Crippen LogP contribution >= 0.6 is 0 Å². The number of aromatic nitrogens is 3. The molecule has 0 spiro atoms. The Balaban J connectivity index is 1.41. The highest BCUT2D eigenvalue weighted by atomic mass is 19.1. The number of fused-ring (bicyclic) bond motifs is 1. The summed E-state index contributed by atoms with van der Waals surface area (Å²) in [6.07, 6.45) is 5.61. The molecule has 0 radical (unpaired) electrons. The smallest absolute Gasteiger partial charge is 0.255 e. The fourth-order valence-electron chi connectivity index (χ4n) is 4.66. The monoisotopic (exact) mass is 479 g/mol. The maximum absolute atomic E-state index is 14.2. The van der Waals surface area contributed by atoms with Gasteiger partial charge in [-0.1, -0.05) is 6.92 Å². The molecular formula is C26H30FN5O3. The predicted molar refractivity (Wildman–Crippen MR) is 130 cm³/mol. The van der Waals surface area contributed by atoms with E-state index in [4.69, 9.17) is 4.74 Å². The third-order valence-corrected chi connectivity index (χ3v) is 6.85. The van der Waals surface area contributed by atoms with Crippen LogP contribution in [0.1, 0.15) is 55.1 Å².